The number of ketones is 1. The summed E-state index contributed by atoms with van der Waals surface area (Å²) in [5, 5.41) is 0. The first-order valence-corrected chi connectivity index (χ1v) is 5.84. The van der Waals surface area contributed by atoms with E-state index in [1.54, 1.807) is 6.92 Å². The van der Waals surface area contributed by atoms with Gasteiger partial charge in [0.25, 0.3) is 0 Å². The Labute approximate surface area is 101 Å². The van der Waals surface area contributed by atoms with Crippen molar-refractivity contribution in [2.24, 2.45) is 0 Å². The van der Waals surface area contributed by atoms with Crippen LogP contribution >= 0.6 is 54.5 Å². The molecule has 0 aliphatic heterocycles. The van der Waals surface area contributed by atoms with Gasteiger partial charge in [-0.25, -0.2) is 0 Å². The molecule has 0 amide bonds. The lowest BCUT2D eigenvalue weighted by Crippen LogP contribution is -1.94. The van der Waals surface area contributed by atoms with E-state index in [1.165, 1.54) is 0 Å². The summed E-state index contributed by atoms with van der Waals surface area (Å²) in [6, 6.07) is 3.81. The van der Waals surface area contributed by atoms with Gasteiger partial charge in [0.15, 0.2) is 5.78 Å². The lowest BCUT2D eigenvalue weighted by Gasteiger charge is -2.03. The normalized spacial score (nSPS) is 10.0. The monoisotopic (exact) mass is 402 g/mol. The maximum atomic E-state index is 11.1. The summed E-state index contributed by atoms with van der Waals surface area (Å²) in [7, 11) is 0. The molecular formula is C8H5Br2IO. The molecule has 0 bridgehead atoms. The average Bonchev–Trinajstić information content (AvgIpc) is 1.96. The van der Waals surface area contributed by atoms with Crippen molar-refractivity contribution in [3.05, 3.63) is 30.2 Å². The van der Waals surface area contributed by atoms with Crippen LogP contribution in [-0.2, 0) is 0 Å². The van der Waals surface area contributed by atoms with E-state index in [-0.39, 0.29) is 5.78 Å². The van der Waals surface area contributed by atoms with Crippen molar-refractivity contribution < 1.29 is 4.79 Å². The lowest BCUT2D eigenvalue weighted by atomic mass is 10.2. The van der Waals surface area contributed by atoms with Gasteiger partial charge < -0.3 is 0 Å². The Hall–Kier alpha value is 0.580. The molecule has 1 nitrogen and oxygen atoms in total. The highest BCUT2D eigenvalue weighted by Crippen LogP contribution is 2.29. The summed E-state index contributed by atoms with van der Waals surface area (Å²) in [6.45, 7) is 1.56. The van der Waals surface area contributed by atoms with Crippen LogP contribution in [0.5, 0.6) is 0 Å². The van der Waals surface area contributed by atoms with Gasteiger partial charge in [-0.2, -0.15) is 0 Å². The SMILES string of the molecule is CC(=O)c1cc(I)cc(Br)c1Br. The number of Topliss-reactive ketones (excluding diaryl/α,β-unsaturated/α-hetero) is 1. The van der Waals surface area contributed by atoms with E-state index < -0.39 is 0 Å². The van der Waals surface area contributed by atoms with E-state index in [0.717, 1.165) is 12.5 Å². The molecule has 0 aliphatic carbocycles. The van der Waals surface area contributed by atoms with Crippen molar-refractivity contribution in [2.75, 3.05) is 0 Å². The molecule has 0 fully saturated rings. The Morgan fingerprint density at radius 3 is 2.50 bits per heavy atom. The topological polar surface area (TPSA) is 17.1 Å². The van der Waals surface area contributed by atoms with Crippen molar-refractivity contribution in [2.45, 2.75) is 6.92 Å². The second-order valence-electron chi connectivity index (χ2n) is 2.31. The summed E-state index contributed by atoms with van der Waals surface area (Å²) in [5.41, 5.74) is 0.716. The number of hydrogen-bond acceptors (Lipinski definition) is 1. The smallest absolute Gasteiger partial charge is 0.161 e. The molecule has 0 aliphatic rings. The quantitative estimate of drug-likeness (QED) is 0.393. The molecule has 0 saturated heterocycles. The summed E-state index contributed by atoms with van der Waals surface area (Å²) in [6.07, 6.45) is 0. The maximum absolute atomic E-state index is 11.1. The fourth-order valence-corrected chi connectivity index (χ4v) is 2.83. The zero-order valence-electron chi connectivity index (χ0n) is 6.20. The highest BCUT2D eigenvalue weighted by molar-refractivity contribution is 14.1. The van der Waals surface area contributed by atoms with Gasteiger partial charge in [-0.1, -0.05) is 0 Å². The molecule has 0 unspecified atom stereocenters. The Morgan fingerprint density at radius 1 is 1.42 bits per heavy atom. The largest absolute Gasteiger partial charge is 0.294 e. The number of carbonyl (C=O) groups is 1. The van der Waals surface area contributed by atoms with Gasteiger partial charge in [-0.3, -0.25) is 4.79 Å². The minimum atomic E-state index is 0.0705. The first-order chi connectivity index (χ1) is 5.52. The highest BCUT2D eigenvalue weighted by atomic mass is 127. The fourth-order valence-electron chi connectivity index (χ4n) is 0.812. The van der Waals surface area contributed by atoms with Crippen LogP contribution < -0.4 is 0 Å². The Balaban J connectivity index is 3.37. The summed E-state index contributed by atoms with van der Waals surface area (Å²) in [4.78, 5) is 11.1. The van der Waals surface area contributed by atoms with Crippen LogP contribution in [0.4, 0.5) is 0 Å². The minimum absolute atomic E-state index is 0.0705. The first-order valence-electron chi connectivity index (χ1n) is 3.18. The van der Waals surface area contributed by atoms with Crippen LogP contribution in [0.1, 0.15) is 17.3 Å². The summed E-state index contributed by atoms with van der Waals surface area (Å²) >= 11 is 8.88. The van der Waals surface area contributed by atoms with Crippen molar-refractivity contribution in [3.63, 3.8) is 0 Å². The zero-order valence-corrected chi connectivity index (χ0v) is 11.5. The molecule has 64 valence electrons. The highest BCUT2D eigenvalue weighted by Gasteiger charge is 2.08. The van der Waals surface area contributed by atoms with Crippen molar-refractivity contribution >= 4 is 60.2 Å². The number of benzene rings is 1. The number of halogens is 3. The van der Waals surface area contributed by atoms with Crippen molar-refractivity contribution in [1.29, 1.82) is 0 Å². The predicted octanol–water partition coefficient (Wildman–Crippen LogP) is 4.02. The van der Waals surface area contributed by atoms with E-state index in [4.69, 9.17) is 0 Å². The minimum Gasteiger partial charge on any atom is -0.294 e. The van der Waals surface area contributed by atoms with Crippen molar-refractivity contribution in [3.8, 4) is 0 Å². The van der Waals surface area contributed by atoms with Gasteiger partial charge in [-0.15, -0.1) is 0 Å². The molecule has 12 heavy (non-hydrogen) atoms. The Bertz CT molecular complexity index is 336. The van der Waals surface area contributed by atoms with Gasteiger partial charge in [-0.05, 0) is 73.5 Å². The van der Waals surface area contributed by atoms with Gasteiger partial charge in [0.1, 0.15) is 0 Å². The third-order valence-electron chi connectivity index (χ3n) is 1.37. The first kappa shape index (κ1) is 10.7. The molecule has 4 heteroatoms. The Morgan fingerprint density at radius 2 is 2.00 bits per heavy atom. The molecular weight excluding hydrogens is 399 g/mol. The maximum Gasteiger partial charge on any atom is 0.161 e. The van der Waals surface area contributed by atoms with E-state index in [1.807, 2.05) is 12.1 Å². The molecule has 0 saturated carbocycles. The molecule has 1 aromatic rings. The zero-order chi connectivity index (χ0) is 9.30. The van der Waals surface area contributed by atoms with Crippen LogP contribution in [0, 0.1) is 3.57 Å². The number of carbonyl (C=O) groups excluding carboxylic acids is 1. The summed E-state index contributed by atoms with van der Waals surface area (Å²) < 4.78 is 2.79. The van der Waals surface area contributed by atoms with E-state index >= 15 is 0 Å². The molecule has 1 rings (SSSR count). The second kappa shape index (κ2) is 4.19. The van der Waals surface area contributed by atoms with Crippen LogP contribution in [0.25, 0.3) is 0 Å². The van der Waals surface area contributed by atoms with E-state index in [2.05, 4.69) is 54.5 Å². The molecule has 0 N–H and O–H groups in total. The summed E-state index contributed by atoms with van der Waals surface area (Å²) in [5.74, 6) is 0.0705. The number of hydrogen-bond donors (Lipinski definition) is 0. The van der Waals surface area contributed by atoms with Crippen LogP contribution in [0.2, 0.25) is 0 Å². The van der Waals surface area contributed by atoms with E-state index in [9.17, 15) is 4.79 Å². The van der Waals surface area contributed by atoms with Crippen molar-refractivity contribution in [1.82, 2.24) is 0 Å². The molecule has 0 atom stereocenters. The third-order valence-corrected chi connectivity index (χ3v) is 4.01. The fraction of sp³-hybridized carbons (Fsp3) is 0.125. The average molecular weight is 404 g/mol. The van der Waals surface area contributed by atoms with Crippen LogP contribution in [0.15, 0.2) is 21.1 Å². The van der Waals surface area contributed by atoms with Gasteiger partial charge in [0, 0.05) is 18.1 Å². The third kappa shape index (κ3) is 2.29. The van der Waals surface area contributed by atoms with Crippen LogP contribution in [-0.4, -0.2) is 5.78 Å². The predicted molar refractivity (Wildman–Crippen MR) is 64.6 cm³/mol. The van der Waals surface area contributed by atoms with Crippen LogP contribution in [0.3, 0.4) is 0 Å². The molecule has 0 spiro atoms. The standard InChI is InChI=1S/C8H5Br2IO/c1-4(12)6-2-5(11)3-7(9)8(6)10/h2-3H,1H3. The van der Waals surface area contributed by atoms with E-state index in [0.29, 0.717) is 5.56 Å². The molecule has 0 aromatic heterocycles. The molecule has 0 heterocycles. The van der Waals surface area contributed by atoms with Gasteiger partial charge in [0.05, 0.1) is 0 Å². The Kier molecular flexibility index (Phi) is 3.73. The second-order valence-corrected chi connectivity index (χ2v) is 5.20. The van der Waals surface area contributed by atoms with Gasteiger partial charge in [0.2, 0.25) is 0 Å². The lowest BCUT2D eigenvalue weighted by molar-refractivity contribution is 0.101. The molecule has 1 aromatic carbocycles. The number of rotatable bonds is 1. The van der Waals surface area contributed by atoms with Gasteiger partial charge >= 0.3 is 0 Å². The molecule has 0 radical (unpaired) electrons.